The number of amides is 1. The largest absolute Gasteiger partial charge is 0.497 e. The van der Waals surface area contributed by atoms with Crippen molar-refractivity contribution in [2.24, 2.45) is 0 Å². The molecule has 2 N–H and O–H groups in total. The van der Waals surface area contributed by atoms with Crippen molar-refractivity contribution >= 4 is 17.5 Å². The van der Waals surface area contributed by atoms with Gasteiger partial charge >= 0.3 is 0 Å². The predicted octanol–water partition coefficient (Wildman–Crippen LogP) is 5.28. The normalized spacial score (nSPS) is 14.6. The number of fused-ring (bicyclic) bond motifs is 1. The van der Waals surface area contributed by atoms with Gasteiger partial charge < -0.3 is 20.1 Å². The van der Waals surface area contributed by atoms with Gasteiger partial charge in [-0.1, -0.05) is 30.3 Å². The van der Waals surface area contributed by atoms with Gasteiger partial charge in [-0.25, -0.2) is 4.68 Å². The SMILES string of the molecule is CCOc1ccc(-c2nc3n(n2)C(c2cccc(OC)c2)C(C(=O)Nc2ccccc2)=C(C)N3)cc1. The Balaban J connectivity index is 1.57. The smallest absolute Gasteiger partial charge is 0.255 e. The summed E-state index contributed by atoms with van der Waals surface area (Å²) in [4.78, 5) is 18.3. The Labute approximate surface area is 209 Å². The first-order chi connectivity index (χ1) is 17.6. The topological polar surface area (TPSA) is 90.3 Å². The van der Waals surface area contributed by atoms with Crippen LogP contribution in [0.2, 0.25) is 0 Å². The van der Waals surface area contributed by atoms with Crippen molar-refractivity contribution < 1.29 is 14.3 Å². The molecule has 1 amide bonds. The molecule has 0 radical (unpaired) electrons. The number of benzene rings is 3. The van der Waals surface area contributed by atoms with Gasteiger partial charge in [0.25, 0.3) is 5.91 Å². The molecule has 1 aliphatic heterocycles. The molecule has 0 spiro atoms. The van der Waals surface area contributed by atoms with Crippen molar-refractivity contribution in [1.82, 2.24) is 14.8 Å². The Morgan fingerprint density at radius 3 is 2.53 bits per heavy atom. The lowest BCUT2D eigenvalue weighted by atomic mass is 9.95. The van der Waals surface area contributed by atoms with Gasteiger partial charge in [-0.15, -0.1) is 5.10 Å². The average molecular weight is 482 g/mol. The highest BCUT2D eigenvalue weighted by Crippen LogP contribution is 2.38. The molecule has 1 atom stereocenters. The fraction of sp³-hybridized carbons (Fsp3) is 0.179. The van der Waals surface area contributed by atoms with Crippen LogP contribution in [0.3, 0.4) is 0 Å². The summed E-state index contributed by atoms with van der Waals surface area (Å²) in [6.07, 6.45) is 0. The number of hydrogen-bond acceptors (Lipinski definition) is 6. The number of allylic oxidation sites excluding steroid dienone is 1. The second kappa shape index (κ2) is 9.95. The first-order valence-corrected chi connectivity index (χ1v) is 11.7. The van der Waals surface area contributed by atoms with Crippen LogP contribution < -0.4 is 20.1 Å². The second-order valence-corrected chi connectivity index (χ2v) is 8.32. The van der Waals surface area contributed by atoms with Gasteiger partial charge in [0.15, 0.2) is 5.82 Å². The maximum atomic E-state index is 13.6. The van der Waals surface area contributed by atoms with Crippen molar-refractivity contribution in [3.8, 4) is 22.9 Å². The van der Waals surface area contributed by atoms with Gasteiger partial charge in [0.2, 0.25) is 5.95 Å². The van der Waals surface area contributed by atoms with Crippen LogP contribution in [-0.2, 0) is 4.79 Å². The van der Waals surface area contributed by atoms with E-state index in [9.17, 15) is 4.79 Å². The minimum Gasteiger partial charge on any atom is -0.497 e. The minimum atomic E-state index is -0.510. The third-order valence-electron chi connectivity index (χ3n) is 5.96. The minimum absolute atomic E-state index is 0.220. The monoisotopic (exact) mass is 481 g/mol. The van der Waals surface area contributed by atoms with E-state index < -0.39 is 6.04 Å². The van der Waals surface area contributed by atoms with Gasteiger partial charge in [-0.05, 0) is 67.9 Å². The fourth-order valence-corrected chi connectivity index (χ4v) is 4.27. The quantitative estimate of drug-likeness (QED) is 0.373. The lowest BCUT2D eigenvalue weighted by molar-refractivity contribution is -0.113. The van der Waals surface area contributed by atoms with E-state index in [0.29, 0.717) is 41.1 Å². The molecule has 2 heterocycles. The number of anilines is 2. The molecule has 8 heteroatoms. The number of nitrogens with zero attached hydrogens (tertiary/aromatic N) is 3. The fourth-order valence-electron chi connectivity index (χ4n) is 4.27. The summed E-state index contributed by atoms with van der Waals surface area (Å²) in [7, 11) is 1.62. The summed E-state index contributed by atoms with van der Waals surface area (Å²) in [6.45, 7) is 4.42. The zero-order valence-corrected chi connectivity index (χ0v) is 20.4. The standard InChI is InChI=1S/C28H27N5O3/c1-4-36-22-15-13-19(14-16-22)26-31-28-29-18(2)24(27(34)30-21-10-6-5-7-11-21)25(33(28)32-26)20-9-8-12-23(17-20)35-3/h5-17,25H,4H2,1-3H3,(H,30,34)(H,29,31,32). The molecule has 36 heavy (non-hydrogen) atoms. The third kappa shape index (κ3) is 4.53. The molecule has 0 saturated heterocycles. The van der Waals surface area contributed by atoms with Gasteiger partial charge in [0.1, 0.15) is 17.5 Å². The molecule has 4 aromatic rings. The van der Waals surface area contributed by atoms with Crippen LogP contribution >= 0.6 is 0 Å². The maximum absolute atomic E-state index is 13.6. The van der Waals surface area contributed by atoms with Crippen LogP contribution in [0.1, 0.15) is 25.5 Å². The number of carbonyl (C=O) groups excluding carboxylic acids is 1. The lowest BCUT2D eigenvalue weighted by Gasteiger charge is -2.28. The first kappa shape index (κ1) is 23.2. The third-order valence-corrected chi connectivity index (χ3v) is 5.96. The highest BCUT2D eigenvalue weighted by Gasteiger charge is 2.34. The van der Waals surface area contributed by atoms with E-state index in [4.69, 9.17) is 19.6 Å². The molecular formula is C28H27N5O3. The number of ether oxygens (including phenoxy) is 2. The molecule has 0 fully saturated rings. The summed E-state index contributed by atoms with van der Waals surface area (Å²) in [6, 6.07) is 24.2. The van der Waals surface area contributed by atoms with Crippen molar-refractivity contribution in [2.75, 3.05) is 24.4 Å². The van der Waals surface area contributed by atoms with Crippen LogP contribution in [0.5, 0.6) is 11.5 Å². The Bertz CT molecular complexity index is 1410. The molecular weight excluding hydrogens is 454 g/mol. The zero-order chi connectivity index (χ0) is 25.1. The highest BCUT2D eigenvalue weighted by atomic mass is 16.5. The Kier molecular flexibility index (Phi) is 6.40. The Morgan fingerprint density at radius 1 is 1.03 bits per heavy atom. The van der Waals surface area contributed by atoms with E-state index in [2.05, 4.69) is 10.6 Å². The van der Waals surface area contributed by atoms with Crippen molar-refractivity contribution in [1.29, 1.82) is 0 Å². The maximum Gasteiger partial charge on any atom is 0.255 e. The second-order valence-electron chi connectivity index (χ2n) is 8.32. The van der Waals surface area contributed by atoms with Crippen LogP contribution in [0, 0.1) is 0 Å². The molecule has 5 rings (SSSR count). The van der Waals surface area contributed by atoms with Crippen molar-refractivity contribution in [3.05, 3.63) is 95.7 Å². The average Bonchev–Trinajstić information content (AvgIpc) is 3.32. The van der Waals surface area contributed by atoms with Gasteiger partial charge in [-0.3, -0.25) is 4.79 Å². The van der Waals surface area contributed by atoms with E-state index in [1.54, 1.807) is 11.8 Å². The van der Waals surface area contributed by atoms with Gasteiger partial charge in [0.05, 0.1) is 19.3 Å². The van der Waals surface area contributed by atoms with Crippen LogP contribution in [0.4, 0.5) is 11.6 Å². The van der Waals surface area contributed by atoms with E-state index in [1.807, 2.05) is 92.7 Å². The van der Waals surface area contributed by atoms with Crippen LogP contribution in [0.25, 0.3) is 11.4 Å². The van der Waals surface area contributed by atoms with Crippen molar-refractivity contribution in [3.63, 3.8) is 0 Å². The zero-order valence-electron chi connectivity index (χ0n) is 20.4. The summed E-state index contributed by atoms with van der Waals surface area (Å²) in [5, 5.41) is 11.1. The number of carbonyl (C=O) groups is 1. The number of aromatic nitrogens is 3. The highest BCUT2D eigenvalue weighted by molar-refractivity contribution is 6.06. The van der Waals surface area contributed by atoms with E-state index in [0.717, 1.165) is 16.9 Å². The van der Waals surface area contributed by atoms with E-state index in [-0.39, 0.29) is 5.91 Å². The summed E-state index contributed by atoms with van der Waals surface area (Å²) in [5.74, 6) is 2.36. The molecule has 0 aliphatic carbocycles. The summed E-state index contributed by atoms with van der Waals surface area (Å²) < 4.78 is 12.8. The molecule has 1 aliphatic rings. The Hall–Kier alpha value is -4.59. The molecule has 0 saturated carbocycles. The number of methoxy groups -OCH3 is 1. The van der Waals surface area contributed by atoms with Gasteiger partial charge in [0, 0.05) is 16.9 Å². The molecule has 1 aromatic heterocycles. The molecule has 182 valence electrons. The lowest BCUT2D eigenvalue weighted by Crippen LogP contribution is -2.31. The number of nitrogens with one attached hydrogen (secondary N) is 2. The van der Waals surface area contributed by atoms with Crippen LogP contribution in [0.15, 0.2) is 90.1 Å². The van der Waals surface area contributed by atoms with Crippen LogP contribution in [-0.4, -0.2) is 34.4 Å². The predicted molar refractivity (Wildman–Crippen MR) is 139 cm³/mol. The molecule has 3 aromatic carbocycles. The summed E-state index contributed by atoms with van der Waals surface area (Å²) >= 11 is 0. The van der Waals surface area contributed by atoms with E-state index in [1.165, 1.54) is 0 Å². The Morgan fingerprint density at radius 2 is 1.81 bits per heavy atom. The number of para-hydroxylation sites is 1. The number of hydrogen-bond donors (Lipinski definition) is 2. The van der Waals surface area contributed by atoms with Crippen molar-refractivity contribution in [2.45, 2.75) is 19.9 Å². The molecule has 8 nitrogen and oxygen atoms in total. The summed E-state index contributed by atoms with van der Waals surface area (Å²) in [5.41, 5.74) is 3.67. The molecule has 1 unspecified atom stereocenters. The first-order valence-electron chi connectivity index (χ1n) is 11.7. The number of rotatable bonds is 7. The van der Waals surface area contributed by atoms with E-state index >= 15 is 0 Å². The molecule has 0 bridgehead atoms. The van der Waals surface area contributed by atoms with Gasteiger partial charge in [-0.2, -0.15) is 4.98 Å².